The summed E-state index contributed by atoms with van der Waals surface area (Å²) in [5.41, 5.74) is 0. The zero-order valence-electron chi connectivity index (χ0n) is 11.9. The van der Waals surface area contributed by atoms with Crippen LogP contribution in [0.5, 0.6) is 0 Å². The SMILES string of the molecule is CCC1CN(C(=O)NC(CC(C)C)C(=O)O)CCS1. The molecule has 0 radical (unpaired) electrons. The van der Waals surface area contributed by atoms with Gasteiger partial charge in [-0.25, -0.2) is 9.59 Å². The van der Waals surface area contributed by atoms with Crippen molar-refractivity contribution in [3.63, 3.8) is 0 Å². The number of nitrogens with one attached hydrogen (secondary N) is 1. The molecule has 1 aliphatic rings. The predicted molar refractivity (Wildman–Crippen MR) is 77.5 cm³/mol. The van der Waals surface area contributed by atoms with Crippen LogP contribution in [-0.4, -0.2) is 52.1 Å². The molecule has 6 heteroatoms. The van der Waals surface area contributed by atoms with Crippen LogP contribution < -0.4 is 5.32 Å². The quantitative estimate of drug-likeness (QED) is 0.812. The van der Waals surface area contributed by atoms with Gasteiger partial charge < -0.3 is 15.3 Å². The van der Waals surface area contributed by atoms with Crippen molar-refractivity contribution >= 4 is 23.8 Å². The molecule has 2 amide bonds. The fourth-order valence-corrected chi connectivity index (χ4v) is 3.26. The van der Waals surface area contributed by atoms with Crippen molar-refractivity contribution in [2.75, 3.05) is 18.8 Å². The highest BCUT2D eigenvalue weighted by molar-refractivity contribution is 8.00. The smallest absolute Gasteiger partial charge is 0.326 e. The number of thioether (sulfide) groups is 1. The predicted octanol–water partition coefficient (Wildman–Crippen LogP) is 2.02. The maximum Gasteiger partial charge on any atom is 0.326 e. The van der Waals surface area contributed by atoms with Gasteiger partial charge in [0.1, 0.15) is 6.04 Å². The first-order valence-corrected chi connectivity index (χ1v) is 7.88. The van der Waals surface area contributed by atoms with Gasteiger partial charge in [0.15, 0.2) is 0 Å². The van der Waals surface area contributed by atoms with Gasteiger partial charge in [-0.3, -0.25) is 0 Å². The minimum absolute atomic E-state index is 0.238. The standard InChI is InChI=1S/C13H24N2O3S/c1-4-10-8-15(5-6-19-10)13(18)14-11(12(16)17)7-9(2)3/h9-11H,4-8H2,1-3H3,(H,14,18)(H,16,17). The van der Waals surface area contributed by atoms with E-state index in [2.05, 4.69) is 12.2 Å². The maximum absolute atomic E-state index is 12.1. The molecule has 1 saturated heterocycles. The van der Waals surface area contributed by atoms with Crippen LogP contribution in [0.2, 0.25) is 0 Å². The van der Waals surface area contributed by atoms with E-state index < -0.39 is 12.0 Å². The van der Waals surface area contributed by atoms with Gasteiger partial charge in [-0.2, -0.15) is 11.8 Å². The molecule has 0 aromatic rings. The Hall–Kier alpha value is -0.910. The van der Waals surface area contributed by atoms with Crippen molar-refractivity contribution < 1.29 is 14.7 Å². The Morgan fingerprint density at radius 1 is 1.47 bits per heavy atom. The summed E-state index contributed by atoms with van der Waals surface area (Å²) in [6, 6.07) is -1.03. The molecular weight excluding hydrogens is 264 g/mol. The minimum Gasteiger partial charge on any atom is -0.480 e. The summed E-state index contributed by atoms with van der Waals surface area (Å²) in [6.07, 6.45) is 1.49. The second kappa shape index (κ2) is 7.62. The first-order chi connectivity index (χ1) is 8.93. The van der Waals surface area contributed by atoms with Gasteiger partial charge in [-0.15, -0.1) is 0 Å². The molecule has 0 bridgehead atoms. The number of amides is 2. The molecule has 1 rings (SSSR count). The van der Waals surface area contributed by atoms with Crippen molar-refractivity contribution in [1.29, 1.82) is 0 Å². The van der Waals surface area contributed by atoms with E-state index >= 15 is 0 Å². The van der Waals surface area contributed by atoms with Gasteiger partial charge in [0.25, 0.3) is 0 Å². The normalized spacial score (nSPS) is 21.3. The number of carbonyl (C=O) groups is 2. The monoisotopic (exact) mass is 288 g/mol. The molecule has 1 aliphatic heterocycles. The number of nitrogens with zero attached hydrogens (tertiary/aromatic N) is 1. The lowest BCUT2D eigenvalue weighted by Gasteiger charge is -2.32. The molecular formula is C13H24N2O3S. The van der Waals surface area contributed by atoms with Crippen molar-refractivity contribution in [3.05, 3.63) is 0 Å². The minimum atomic E-state index is -0.958. The highest BCUT2D eigenvalue weighted by atomic mass is 32.2. The van der Waals surface area contributed by atoms with E-state index in [0.29, 0.717) is 24.8 Å². The largest absolute Gasteiger partial charge is 0.480 e. The van der Waals surface area contributed by atoms with E-state index in [9.17, 15) is 9.59 Å². The van der Waals surface area contributed by atoms with Crippen molar-refractivity contribution in [3.8, 4) is 0 Å². The Morgan fingerprint density at radius 3 is 2.68 bits per heavy atom. The number of carboxylic acid groups (broad SMARTS) is 1. The second-order valence-corrected chi connectivity index (χ2v) is 6.73. The molecule has 19 heavy (non-hydrogen) atoms. The first-order valence-electron chi connectivity index (χ1n) is 6.83. The summed E-state index contributed by atoms with van der Waals surface area (Å²) in [5.74, 6) is 0.204. The topological polar surface area (TPSA) is 69.6 Å². The first kappa shape index (κ1) is 16.1. The van der Waals surface area contributed by atoms with Crippen molar-refractivity contribution in [2.45, 2.75) is 44.9 Å². The van der Waals surface area contributed by atoms with E-state index in [1.54, 1.807) is 4.90 Å². The molecule has 2 unspecified atom stereocenters. The summed E-state index contributed by atoms with van der Waals surface area (Å²) in [6.45, 7) is 7.42. The average Bonchev–Trinajstić information content (AvgIpc) is 2.37. The highest BCUT2D eigenvalue weighted by Gasteiger charge is 2.27. The lowest BCUT2D eigenvalue weighted by Crippen LogP contribution is -2.51. The van der Waals surface area contributed by atoms with Crippen LogP contribution in [-0.2, 0) is 4.79 Å². The van der Waals surface area contributed by atoms with E-state index in [4.69, 9.17) is 5.11 Å². The molecule has 5 nitrogen and oxygen atoms in total. The molecule has 1 heterocycles. The maximum atomic E-state index is 12.1. The van der Waals surface area contributed by atoms with Gasteiger partial charge in [0.2, 0.25) is 0 Å². The zero-order chi connectivity index (χ0) is 14.4. The van der Waals surface area contributed by atoms with E-state index in [1.807, 2.05) is 25.6 Å². The van der Waals surface area contributed by atoms with Crippen LogP contribution in [0.25, 0.3) is 0 Å². The van der Waals surface area contributed by atoms with Crippen LogP contribution in [0.15, 0.2) is 0 Å². The molecule has 110 valence electrons. The molecule has 0 aromatic carbocycles. The van der Waals surface area contributed by atoms with E-state index in [0.717, 1.165) is 12.2 Å². The highest BCUT2D eigenvalue weighted by Crippen LogP contribution is 2.21. The van der Waals surface area contributed by atoms with E-state index in [-0.39, 0.29) is 11.9 Å². The number of aliphatic carboxylic acids is 1. The lowest BCUT2D eigenvalue weighted by molar-refractivity contribution is -0.139. The number of hydrogen-bond donors (Lipinski definition) is 2. The van der Waals surface area contributed by atoms with Crippen LogP contribution in [0.1, 0.15) is 33.6 Å². The molecule has 0 saturated carbocycles. The summed E-state index contributed by atoms with van der Waals surface area (Å²) in [5, 5.41) is 12.2. The van der Waals surface area contributed by atoms with Crippen LogP contribution in [0.4, 0.5) is 4.79 Å². The summed E-state index contributed by atoms with van der Waals surface area (Å²) >= 11 is 1.88. The van der Waals surface area contributed by atoms with Gasteiger partial charge in [0, 0.05) is 24.1 Å². The molecule has 1 fully saturated rings. The molecule has 0 aromatic heterocycles. The molecule has 2 atom stereocenters. The van der Waals surface area contributed by atoms with Crippen LogP contribution in [0, 0.1) is 5.92 Å². The fourth-order valence-electron chi connectivity index (χ4n) is 2.08. The fraction of sp³-hybridized carbons (Fsp3) is 0.846. The summed E-state index contributed by atoms with van der Waals surface area (Å²) < 4.78 is 0. The average molecular weight is 288 g/mol. The third-order valence-electron chi connectivity index (χ3n) is 3.18. The Labute approximate surface area is 119 Å². The molecule has 0 spiro atoms. The van der Waals surface area contributed by atoms with Gasteiger partial charge in [0.05, 0.1) is 0 Å². The summed E-state index contributed by atoms with van der Waals surface area (Å²) in [7, 11) is 0. The number of hydrogen-bond acceptors (Lipinski definition) is 3. The van der Waals surface area contributed by atoms with Crippen LogP contribution >= 0.6 is 11.8 Å². The Kier molecular flexibility index (Phi) is 6.48. The number of urea groups is 1. The van der Waals surface area contributed by atoms with Crippen LogP contribution in [0.3, 0.4) is 0 Å². The third kappa shape index (κ3) is 5.30. The molecule has 0 aliphatic carbocycles. The number of carbonyl (C=O) groups excluding carboxylic acids is 1. The molecule has 2 N–H and O–H groups in total. The third-order valence-corrected chi connectivity index (χ3v) is 4.56. The van der Waals surface area contributed by atoms with Gasteiger partial charge >= 0.3 is 12.0 Å². The Balaban J connectivity index is 2.53. The van der Waals surface area contributed by atoms with Crippen molar-refractivity contribution in [2.24, 2.45) is 5.92 Å². The Morgan fingerprint density at radius 2 is 2.16 bits per heavy atom. The van der Waals surface area contributed by atoms with E-state index in [1.165, 1.54) is 0 Å². The second-order valence-electron chi connectivity index (χ2n) is 5.32. The summed E-state index contributed by atoms with van der Waals surface area (Å²) in [4.78, 5) is 25.0. The number of rotatable bonds is 5. The zero-order valence-corrected chi connectivity index (χ0v) is 12.7. The Bertz CT molecular complexity index is 323. The van der Waals surface area contributed by atoms with Crippen molar-refractivity contribution in [1.82, 2.24) is 10.2 Å². The number of carboxylic acids is 1. The van der Waals surface area contributed by atoms with Gasteiger partial charge in [-0.1, -0.05) is 20.8 Å². The lowest BCUT2D eigenvalue weighted by atomic mass is 10.0. The van der Waals surface area contributed by atoms with Gasteiger partial charge in [-0.05, 0) is 18.8 Å².